The molecule has 0 saturated heterocycles. The molecule has 0 bridgehead atoms. The third-order valence-corrected chi connectivity index (χ3v) is 4.11. The summed E-state index contributed by atoms with van der Waals surface area (Å²) in [6.07, 6.45) is -0.152. The van der Waals surface area contributed by atoms with Crippen molar-refractivity contribution in [3.05, 3.63) is 29.8 Å². The molecule has 5 heteroatoms. The van der Waals surface area contributed by atoms with Crippen molar-refractivity contribution in [2.75, 3.05) is 0 Å². The van der Waals surface area contributed by atoms with Crippen LogP contribution in [0.3, 0.4) is 0 Å². The molecule has 1 rings (SSSR count). The van der Waals surface area contributed by atoms with Gasteiger partial charge in [0.15, 0.2) is 19.5 Å². The Morgan fingerprint density at radius 1 is 1.06 bits per heavy atom. The summed E-state index contributed by atoms with van der Waals surface area (Å²) in [6.45, 7) is 8.47. The van der Waals surface area contributed by atoms with Crippen LogP contribution in [0.4, 0.5) is 0 Å². The molecule has 96 valence electrons. The first kappa shape index (κ1) is 14.4. The molecule has 0 atom stereocenters. The molecule has 3 nitrogen and oxygen atoms in total. The van der Waals surface area contributed by atoms with Crippen molar-refractivity contribution < 1.29 is 14.0 Å². The summed E-state index contributed by atoms with van der Waals surface area (Å²) < 4.78 is 11.6. The Hall–Kier alpha value is -0.626. The van der Waals surface area contributed by atoms with Crippen LogP contribution in [0, 0.1) is 0 Å². The molecule has 0 fully saturated rings. The van der Waals surface area contributed by atoms with Gasteiger partial charge < -0.3 is 14.0 Å². The fraction of sp³-hybridized carbons (Fsp3) is 0.500. The molecule has 0 heterocycles. The highest BCUT2D eigenvalue weighted by Gasteiger charge is 2.31. The summed E-state index contributed by atoms with van der Waals surface area (Å²) in [5.74, 6) is 0.290. The molecule has 17 heavy (non-hydrogen) atoms. The quantitative estimate of drug-likeness (QED) is 0.625. The molecular weight excluding hydrogens is 248 g/mol. The number of rotatable bonds is 6. The van der Waals surface area contributed by atoms with Crippen LogP contribution in [0.2, 0.25) is 13.1 Å². The fourth-order valence-electron chi connectivity index (χ4n) is 1.79. The third-order valence-electron chi connectivity index (χ3n) is 2.84. The van der Waals surface area contributed by atoms with Crippen molar-refractivity contribution in [2.24, 2.45) is 0 Å². The average molecular weight is 270 g/mol. The molecular formula is C12H22O3Si2. The molecule has 1 N–H and O–H groups in total. The lowest BCUT2D eigenvalue weighted by atomic mass is 9.84. The first-order chi connectivity index (χ1) is 8.02. The van der Waals surface area contributed by atoms with Crippen molar-refractivity contribution in [2.45, 2.75) is 38.6 Å². The molecule has 0 unspecified atom stereocenters. The van der Waals surface area contributed by atoms with E-state index in [1.165, 1.54) is 0 Å². The number of benzene rings is 1. The SMILES string of the molecule is C[SiH2]OC(O[SiH2]C)C(C)(C)c1ccc(O)cc1. The molecule has 0 spiro atoms. The number of hydrogen-bond donors (Lipinski definition) is 1. The van der Waals surface area contributed by atoms with Crippen molar-refractivity contribution in [1.82, 2.24) is 0 Å². The van der Waals surface area contributed by atoms with Gasteiger partial charge in [0.1, 0.15) is 12.0 Å². The van der Waals surface area contributed by atoms with Gasteiger partial charge in [-0.1, -0.05) is 39.1 Å². The summed E-state index contributed by atoms with van der Waals surface area (Å²) in [5.41, 5.74) is 0.949. The summed E-state index contributed by atoms with van der Waals surface area (Å²) in [7, 11) is -0.997. The lowest BCUT2D eigenvalue weighted by molar-refractivity contribution is -0.0433. The van der Waals surface area contributed by atoms with E-state index >= 15 is 0 Å². The van der Waals surface area contributed by atoms with Crippen LogP contribution >= 0.6 is 0 Å². The average Bonchev–Trinajstić information content (AvgIpc) is 2.29. The Balaban J connectivity index is 2.93. The van der Waals surface area contributed by atoms with E-state index in [2.05, 4.69) is 26.9 Å². The summed E-state index contributed by atoms with van der Waals surface area (Å²) >= 11 is 0. The molecule has 1 aromatic rings. The fourth-order valence-corrected chi connectivity index (χ4v) is 3.62. The second-order valence-electron chi connectivity index (χ2n) is 4.51. The van der Waals surface area contributed by atoms with Crippen LogP contribution in [0.5, 0.6) is 5.75 Å². The highest BCUT2D eigenvalue weighted by atomic mass is 28.2. The number of phenols is 1. The number of aromatic hydroxyl groups is 1. The van der Waals surface area contributed by atoms with Gasteiger partial charge in [0.2, 0.25) is 0 Å². The standard InChI is InChI=1S/C12H22O3Si2/c1-12(2,11(14-16-3)15-17-4)9-5-7-10(13)8-6-9/h5-8,11,13H,16-17H2,1-4H3. The van der Waals surface area contributed by atoms with Crippen LogP contribution in [0.1, 0.15) is 19.4 Å². The molecule has 1 aromatic carbocycles. The van der Waals surface area contributed by atoms with E-state index in [1.54, 1.807) is 12.1 Å². The zero-order valence-corrected chi connectivity index (χ0v) is 13.9. The van der Waals surface area contributed by atoms with Crippen molar-refractivity contribution in [3.8, 4) is 5.75 Å². The van der Waals surface area contributed by atoms with Gasteiger partial charge in [-0.05, 0) is 17.7 Å². The first-order valence-corrected chi connectivity index (χ1v) is 10.0. The normalized spacial score (nSPS) is 15.1. The Labute approximate surface area is 108 Å². The van der Waals surface area contributed by atoms with Gasteiger partial charge in [0, 0.05) is 5.41 Å². The first-order valence-electron chi connectivity index (χ1n) is 6.05. The van der Waals surface area contributed by atoms with Crippen LogP contribution in [-0.2, 0) is 14.3 Å². The van der Waals surface area contributed by atoms with Gasteiger partial charge in [-0.25, -0.2) is 0 Å². The van der Waals surface area contributed by atoms with Crippen molar-refractivity contribution in [1.29, 1.82) is 0 Å². The number of phenolic OH excluding ortho intramolecular Hbond substituents is 1. The molecule has 0 aliphatic rings. The third kappa shape index (κ3) is 3.67. The van der Waals surface area contributed by atoms with Gasteiger partial charge >= 0.3 is 0 Å². The largest absolute Gasteiger partial charge is 0.508 e. The van der Waals surface area contributed by atoms with Crippen LogP contribution in [-0.4, -0.2) is 30.9 Å². The predicted molar refractivity (Wildman–Crippen MR) is 75.9 cm³/mol. The Kier molecular flexibility index (Phi) is 5.39. The maximum atomic E-state index is 9.32. The van der Waals surface area contributed by atoms with Crippen LogP contribution in [0.25, 0.3) is 0 Å². The maximum absolute atomic E-state index is 9.32. The molecule has 0 aromatic heterocycles. The minimum absolute atomic E-state index is 0.152. The molecule has 0 saturated carbocycles. The number of hydrogen-bond acceptors (Lipinski definition) is 3. The highest BCUT2D eigenvalue weighted by molar-refractivity contribution is 6.26. The molecule has 0 aliphatic heterocycles. The summed E-state index contributed by atoms with van der Waals surface area (Å²) in [5, 5.41) is 9.32. The monoisotopic (exact) mass is 270 g/mol. The maximum Gasteiger partial charge on any atom is 0.161 e. The smallest absolute Gasteiger partial charge is 0.161 e. The van der Waals surface area contributed by atoms with E-state index in [0.29, 0.717) is 0 Å². The summed E-state index contributed by atoms with van der Waals surface area (Å²) in [4.78, 5) is 0. The van der Waals surface area contributed by atoms with Crippen LogP contribution < -0.4 is 0 Å². The van der Waals surface area contributed by atoms with E-state index in [9.17, 15) is 5.11 Å². The molecule has 0 aliphatic carbocycles. The minimum atomic E-state index is -0.498. The van der Waals surface area contributed by atoms with E-state index in [1.807, 2.05) is 12.1 Å². The molecule has 0 amide bonds. The van der Waals surface area contributed by atoms with Gasteiger partial charge in [0.25, 0.3) is 0 Å². The second-order valence-corrected chi connectivity index (χ2v) is 6.33. The van der Waals surface area contributed by atoms with Gasteiger partial charge in [-0.15, -0.1) is 0 Å². The van der Waals surface area contributed by atoms with E-state index < -0.39 is 19.5 Å². The van der Waals surface area contributed by atoms with Gasteiger partial charge in [0.05, 0.1) is 0 Å². The Morgan fingerprint density at radius 2 is 1.53 bits per heavy atom. The van der Waals surface area contributed by atoms with E-state index in [0.717, 1.165) is 5.56 Å². The zero-order chi connectivity index (χ0) is 12.9. The Bertz CT molecular complexity index is 332. The topological polar surface area (TPSA) is 38.7 Å². The lowest BCUT2D eigenvalue weighted by Crippen LogP contribution is -2.39. The van der Waals surface area contributed by atoms with E-state index in [-0.39, 0.29) is 17.5 Å². The van der Waals surface area contributed by atoms with Crippen molar-refractivity contribution in [3.63, 3.8) is 0 Å². The molecule has 0 radical (unpaired) electrons. The minimum Gasteiger partial charge on any atom is -0.508 e. The van der Waals surface area contributed by atoms with Gasteiger partial charge in [-0.3, -0.25) is 0 Å². The Morgan fingerprint density at radius 3 is 1.94 bits per heavy atom. The zero-order valence-electron chi connectivity index (χ0n) is 11.1. The van der Waals surface area contributed by atoms with E-state index in [4.69, 9.17) is 8.85 Å². The summed E-state index contributed by atoms with van der Waals surface area (Å²) in [6, 6.07) is 7.29. The lowest BCUT2D eigenvalue weighted by Gasteiger charge is -2.34. The van der Waals surface area contributed by atoms with Crippen LogP contribution in [0.15, 0.2) is 24.3 Å². The predicted octanol–water partition coefficient (Wildman–Crippen LogP) is 1.29. The highest BCUT2D eigenvalue weighted by Crippen LogP contribution is 2.30. The van der Waals surface area contributed by atoms with Crippen molar-refractivity contribution >= 4 is 19.5 Å². The van der Waals surface area contributed by atoms with Gasteiger partial charge in [-0.2, -0.15) is 0 Å². The second kappa shape index (κ2) is 6.35.